The molecular weight excluding hydrogens is 483 g/mol. The van der Waals surface area contributed by atoms with Crippen LogP contribution < -0.4 is 10.1 Å². The van der Waals surface area contributed by atoms with Crippen molar-refractivity contribution in [3.05, 3.63) is 59.3 Å². The number of amides is 1. The maximum Gasteiger partial charge on any atom is 0.407 e. The number of nitrogens with zero attached hydrogens (tertiary/aromatic N) is 2. The number of nitrogens with one attached hydrogen (secondary N) is 1. The van der Waals surface area contributed by atoms with E-state index in [0.29, 0.717) is 17.6 Å². The summed E-state index contributed by atoms with van der Waals surface area (Å²) in [6.07, 6.45) is 1.02. The fourth-order valence-corrected chi connectivity index (χ4v) is 3.69. The molecule has 1 aliphatic rings. The molecule has 1 saturated heterocycles. The van der Waals surface area contributed by atoms with Crippen LogP contribution in [0.25, 0.3) is 10.9 Å². The lowest BCUT2D eigenvalue weighted by atomic mass is 10.0. The molecule has 6 nitrogen and oxygen atoms in total. The first-order chi connectivity index (χ1) is 13.5. The van der Waals surface area contributed by atoms with Gasteiger partial charge in [-0.25, -0.2) is 13.6 Å². The maximum absolute atomic E-state index is 14.9. The number of ether oxygens (including phenoxy) is 2. The average Bonchev–Trinajstić information content (AvgIpc) is 3.25. The van der Waals surface area contributed by atoms with E-state index in [1.54, 1.807) is 15.0 Å². The average molecular weight is 495 g/mol. The molecule has 0 saturated carbocycles. The van der Waals surface area contributed by atoms with Crippen molar-refractivity contribution in [3.63, 3.8) is 0 Å². The third kappa shape index (κ3) is 3.35. The van der Waals surface area contributed by atoms with E-state index in [2.05, 4.69) is 5.32 Å². The molecule has 142 valence electrons. The molecule has 3 aromatic rings. The van der Waals surface area contributed by atoms with Crippen molar-refractivity contribution in [2.24, 2.45) is 0 Å². The Morgan fingerprint density at radius 3 is 2.86 bits per heavy atom. The van der Waals surface area contributed by atoms with Gasteiger partial charge < -0.3 is 14.8 Å². The monoisotopic (exact) mass is 495 g/mol. The normalized spacial score (nSPS) is 15.9. The van der Waals surface area contributed by atoms with Crippen LogP contribution in [0.5, 0.6) is 11.5 Å². The second-order valence-corrected chi connectivity index (χ2v) is 7.23. The van der Waals surface area contributed by atoms with E-state index >= 15 is 0 Å². The maximum atomic E-state index is 14.9. The number of benzene rings is 2. The van der Waals surface area contributed by atoms with E-state index in [1.165, 1.54) is 18.2 Å². The van der Waals surface area contributed by atoms with Crippen LogP contribution in [0.3, 0.4) is 0 Å². The highest BCUT2D eigenvalue weighted by Gasteiger charge is 2.27. The van der Waals surface area contributed by atoms with Crippen molar-refractivity contribution >= 4 is 39.9 Å². The summed E-state index contributed by atoms with van der Waals surface area (Å²) in [4.78, 5) is 11.3. The second-order valence-electron chi connectivity index (χ2n) is 6.19. The molecule has 1 N–H and O–H groups in total. The van der Waals surface area contributed by atoms with Gasteiger partial charge in [0.15, 0.2) is 11.6 Å². The topological polar surface area (TPSA) is 76.3 Å². The largest absolute Gasteiger partial charge is 0.454 e. The number of halogens is 3. The Hall–Kier alpha value is -2.87. The quantitative estimate of drug-likeness (QED) is 0.544. The van der Waals surface area contributed by atoms with Crippen molar-refractivity contribution in [1.29, 1.82) is 5.26 Å². The Morgan fingerprint density at radius 2 is 2.14 bits per heavy atom. The molecule has 0 radical (unpaired) electrons. The molecule has 0 bridgehead atoms. The Labute approximate surface area is 172 Å². The van der Waals surface area contributed by atoms with Crippen molar-refractivity contribution in [2.75, 3.05) is 6.54 Å². The first-order valence-corrected chi connectivity index (χ1v) is 9.23. The first kappa shape index (κ1) is 18.5. The van der Waals surface area contributed by atoms with Gasteiger partial charge in [0.05, 0.1) is 40.5 Å². The van der Waals surface area contributed by atoms with Gasteiger partial charge in [0.25, 0.3) is 0 Å². The summed E-state index contributed by atoms with van der Waals surface area (Å²) in [6, 6.07) is 8.51. The van der Waals surface area contributed by atoms with E-state index in [1.807, 2.05) is 28.9 Å². The molecule has 1 unspecified atom stereocenters. The summed E-state index contributed by atoms with van der Waals surface area (Å²) in [6.45, 7) is 0.302. The molecule has 9 heteroatoms. The molecule has 0 aliphatic carbocycles. The van der Waals surface area contributed by atoms with Gasteiger partial charge in [0.2, 0.25) is 0 Å². The van der Waals surface area contributed by atoms with Crippen molar-refractivity contribution < 1.29 is 23.0 Å². The lowest BCUT2D eigenvalue weighted by molar-refractivity contribution is 0.140. The minimum absolute atomic E-state index is 0.0476. The zero-order chi connectivity index (χ0) is 19.8. The van der Waals surface area contributed by atoms with Gasteiger partial charge in [-0.2, -0.15) is 5.26 Å². The molecule has 4 rings (SSSR count). The van der Waals surface area contributed by atoms with Crippen molar-refractivity contribution in [2.45, 2.75) is 12.5 Å². The number of cyclic esters (lactones) is 1. The minimum Gasteiger partial charge on any atom is -0.454 e. The Balaban J connectivity index is 1.80. The highest BCUT2D eigenvalue weighted by atomic mass is 127. The lowest BCUT2D eigenvalue weighted by Crippen LogP contribution is -2.17. The summed E-state index contributed by atoms with van der Waals surface area (Å²) >= 11 is 2.04. The van der Waals surface area contributed by atoms with Crippen LogP contribution in [-0.4, -0.2) is 21.5 Å². The number of carbonyl (C=O) groups is 1. The highest BCUT2D eigenvalue weighted by molar-refractivity contribution is 14.1. The van der Waals surface area contributed by atoms with Crippen LogP contribution >= 0.6 is 22.9 Å². The number of rotatable bonds is 4. The van der Waals surface area contributed by atoms with Gasteiger partial charge in [-0.15, -0.1) is 0 Å². The highest BCUT2D eigenvalue weighted by Crippen LogP contribution is 2.37. The molecular formula is C19H12F2IN3O3. The Bertz CT molecular complexity index is 1140. The number of hydrogen-bond acceptors (Lipinski definition) is 4. The predicted octanol–water partition coefficient (Wildman–Crippen LogP) is 4.43. The molecule has 1 aromatic heterocycles. The second kappa shape index (κ2) is 7.27. The van der Waals surface area contributed by atoms with Gasteiger partial charge in [0, 0.05) is 35.7 Å². The lowest BCUT2D eigenvalue weighted by Gasteiger charge is -2.16. The van der Waals surface area contributed by atoms with Crippen LogP contribution in [0.4, 0.5) is 13.6 Å². The van der Waals surface area contributed by atoms with Gasteiger partial charge in [0.1, 0.15) is 23.7 Å². The van der Waals surface area contributed by atoms with Gasteiger partial charge in [-0.1, -0.05) is 0 Å². The van der Waals surface area contributed by atoms with Crippen LogP contribution in [0, 0.1) is 23.0 Å². The SMILES string of the molecule is N#Cc1cc(Oc2c(F)cc3c(ccn3I)c2CC2CNC(=O)O2)ccc1F. The molecule has 1 amide bonds. The summed E-state index contributed by atoms with van der Waals surface area (Å²) in [5.74, 6) is -1.21. The summed E-state index contributed by atoms with van der Waals surface area (Å²) < 4.78 is 41.2. The Kier molecular flexibility index (Phi) is 4.80. The van der Waals surface area contributed by atoms with E-state index < -0.39 is 23.8 Å². The molecule has 28 heavy (non-hydrogen) atoms. The van der Waals surface area contributed by atoms with Crippen LogP contribution in [0.2, 0.25) is 0 Å². The zero-order valence-electron chi connectivity index (χ0n) is 14.2. The van der Waals surface area contributed by atoms with Gasteiger partial charge in [-0.05, 0) is 18.2 Å². The van der Waals surface area contributed by atoms with E-state index in [0.717, 1.165) is 11.5 Å². The third-order valence-electron chi connectivity index (χ3n) is 4.42. The molecule has 1 fully saturated rings. The predicted molar refractivity (Wildman–Crippen MR) is 104 cm³/mol. The zero-order valence-corrected chi connectivity index (χ0v) is 16.4. The third-order valence-corrected chi connectivity index (χ3v) is 5.26. The molecule has 2 heterocycles. The van der Waals surface area contributed by atoms with Crippen molar-refractivity contribution in [1.82, 2.24) is 8.10 Å². The molecule has 0 spiro atoms. The summed E-state index contributed by atoms with van der Waals surface area (Å²) in [5.41, 5.74) is 0.970. The van der Waals surface area contributed by atoms with E-state index in [-0.39, 0.29) is 23.5 Å². The molecule has 1 aliphatic heterocycles. The number of carbonyl (C=O) groups excluding carboxylic acids is 1. The molecule has 2 aromatic carbocycles. The number of fused-ring (bicyclic) bond motifs is 1. The van der Waals surface area contributed by atoms with Crippen LogP contribution in [0.1, 0.15) is 11.1 Å². The fourth-order valence-electron chi connectivity index (χ4n) is 3.13. The Morgan fingerprint density at radius 1 is 1.32 bits per heavy atom. The first-order valence-electron chi connectivity index (χ1n) is 8.27. The van der Waals surface area contributed by atoms with E-state index in [9.17, 15) is 13.6 Å². The number of aromatic nitrogens is 1. The molecule has 1 atom stereocenters. The van der Waals surface area contributed by atoms with Crippen molar-refractivity contribution in [3.8, 4) is 17.6 Å². The van der Waals surface area contributed by atoms with Gasteiger partial charge >= 0.3 is 6.09 Å². The minimum atomic E-state index is -0.683. The number of nitriles is 1. The number of hydrogen-bond donors (Lipinski definition) is 1. The van der Waals surface area contributed by atoms with Crippen LogP contribution in [0.15, 0.2) is 36.5 Å². The number of alkyl carbamates (subject to hydrolysis) is 1. The smallest absolute Gasteiger partial charge is 0.407 e. The van der Waals surface area contributed by atoms with Crippen LogP contribution in [-0.2, 0) is 11.2 Å². The fraction of sp³-hybridized carbons (Fsp3) is 0.158. The summed E-state index contributed by atoms with van der Waals surface area (Å²) in [7, 11) is 0. The van der Waals surface area contributed by atoms with E-state index in [4.69, 9.17) is 14.7 Å². The van der Waals surface area contributed by atoms with Gasteiger partial charge in [-0.3, -0.25) is 2.78 Å². The summed E-state index contributed by atoms with van der Waals surface area (Å²) in [5, 5.41) is 12.3. The standard InChI is InChI=1S/C19H12F2IN3O3/c20-15-2-1-11(5-10(15)8-23)27-18-14(6-12-9-24-19(26)28-12)13-3-4-25(22)17(13)7-16(18)21/h1-5,7,12H,6,9H2,(H,24,26).